The summed E-state index contributed by atoms with van der Waals surface area (Å²) in [6.07, 6.45) is -0.838. The number of esters is 2. The Morgan fingerprint density at radius 2 is 1.44 bits per heavy atom. The van der Waals surface area contributed by atoms with Crippen molar-refractivity contribution < 1.29 is 28.6 Å². The first-order valence-electron chi connectivity index (χ1n) is 7.89. The lowest BCUT2D eigenvalue weighted by molar-refractivity contribution is -0.122. The maximum absolute atomic E-state index is 12.4. The molecule has 0 fully saturated rings. The van der Waals surface area contributed by atoms with Crippen molar-refractivity contribution in [3.63, 3.8) is 0 Å². The quantitative estimate of drug-likeness (QED) is 0.759. The van der Waals surface area contributed by atoms with Crippen LogP contribution >= 0.6 is 11.6 Å². The molecule has 0 bridgehead atoms. The normalized spacial score (nSPS) is 11.3. The molecule has 0 aromatic heterocycles. The van der Waals surface area contributed by atoms with Crippen molar-refractivity contribution in [2.45, 2.75) is 13.0 Å². The Morgan fingerprint density at radius 1 is 0.926 bits per heavy atom. The third-order valence-corrected chi connectivity index (χ3v) is 3.79. The molecule has 2 aromatic carbocycles. The van der Waals surface area contributed by atoms with Crippen LogP contribution < -0.4 is 10.1 Å². The predicted molar refractivity (Wildman–Crippen MR) is 99.3 cm³/mol. The molecule has 2 aromatic rings. The molecule has 0 aliphatic carbocycles. The van der Waals surface area contributed by atoms with Crippen molar-refractivity contribution in [2.24, 2.45) is 0 Å². The summed E-state index contributed by atoms with van der Waals surface area (Å²) >= 11 is 5.81. The van der Waals surface area contributed by atoms with Crippen LogP contribution in [0.1, 0.15) is 27.6 Å². The van der Waals surface area contributed by atoms with Gasteiger partial charge in [-0.2, -0.15) is 0 Å². The van der Waals surface area contributed by atoms with E-state index < -0.39 is 23.9 Å². The van der Waals surface area contributed by atoms with Crippen LogP contribution in [0.5, 0.6) is 5.75 Å². The Labute approximate surface area is 161 Å². The highest BCUT2D eigenvalue weighted by Crippen LogP contribution is 2.19. The van der Waals surface area contributed by atoms with Gasteiger partial charge in [-0.05, 0) is 49.4 Å². The molecule has 1 atom stereocenters. The Balaban J connectivity index is 2.18. The lowest BCUT2D eigenvalue weighted by Gasteiger charge is -2.15. The number of methoxy groups -OCH3 is 2. The number of rotatable bonds is 6. The zero-order valence-electron chi connectivity index (χ0n) is 14.9. The van der Waals surface area contributed by atoms with Crippen LogP contribution in [0.25, 0.3) is 0 Å². The van der Waals surface area contributed by atoms with Gasteiger partial charge >= 0.3 is 11.9 Å². The number of nitrogens with one attached hydrogen (secondary N) is 1. The van der Waals surface area contributed by atoms with Crippen LogP contribution in [-0.4, -0.2) is 38.2 Å². The van der Waals surface area contributed by atoms with E-state index in [-0.39, 0.29) is 16.8 Å². The average Bonchev–Trinajstić information content (AvgIpc) is 2.67. The molecule has 0 radical (unpaired) electrons. The zero-order valence-corrected chi connectivity index (χ0v) is 15.7. The van der Waals surface area contributed by atoms with Crippen LogP contribution in [0.15, 0.2) is 42.5 Å². The molecule has 0 heterocycles. The van der Waals surface area contributed by atoms with E-state index in [2.05, 4.69) is 14.8 Å². The zero-order chi connectivity index (χ0) is 20.0. The average molecular weight is 392 g/mol. The van der Waals surface area contributed by atoms with Crippen molar-refractivity contribution >= 4 is 35.1 Å². The first-order chi connectivity index (χ1) is 12.8. The summed E-state index contributed by atoms with van der Waals surface area (Å²) in [5.41, 5.74) is 0.429. The highest BCUT2D eigenvalue weighted by atomic mass is 35.5. The molecule has 0 aliphatic rings. The summed E-state index contributed by atoms with van der Waals surface area (Å²) in [5.74, 6) is -1.30. The van der Waals surface area contributed by atoms with E-state index in [1.807, 2.05) is 0 Å². The highest BCUT2D eigenvalue weighted by Gasteiger charge is 2.18. The fourth-order valence-electron chi connectivity index (χ4n) is 2.19. The molecule has 2 rings (SSSR count). The monoisotopic (exact) mass is 391 g/mol. The van der Waals surface area contributed by atoms with Gasteiger partial charge in [0.05, 0.1) is 25.3 Å². The smallest absolute Gasteiger partial charge is 0.337 e. The molecule has 142 valence electrons. The predicted octanol–water partition coefficient (Wildman–Crippen LogP) is 3.32. The van der Waals surface area contributed by atoms with Crippen molar-refractivity contribution in [1.82, 2.24) is 0 Å². The van der Waals surface area contributed by atoms with E-state index in [4.69, 9.17) is 16.3 Å². The summed E-state index contributed by atoms with van der Waals surface area (Å²) in [7, 11) is 2.43. The SMILES string of the molecule is COC(=O)c1cc(NC(=O)C(C)Oc2ccc(Cl)cc2)cc(C(=O)OC)c1. The molecule has 0 spiro atoms. The number of carbonyl (C=O) groups is 3. The Morgan fingerprint density at radius 3 is 1.93 bits per heavy atom. The molecule has 1 unspecified atom stereocenters. The van der Waals surface area contributed by atoms with Gasteiger partial charge in [-0.25, -0.2) is 9.59 Å². The van der Waals surface area contributed by atoms with Crippen molar-refractivity contribution in [2.75, 3.05) is 19.5 Å². The molecule has 7 nitrogen and oxygen atoms in total. The van der Waals surface area contributed by atoms with Gasteiger partial charge in [0.15, 0.2) is 6.10 Å². The number of hydrogen-bond donors (Lipinski definition) is 1. The van der Waals surface area contributed by atoms with E-state index >= 15 is 0 Å². The Kier molecular flexibility index (Phi) is 6.79. The number of carbonyl (C=O) groups excluding carboxylic acids is 3. The third kappa shape index (κ3) is 5.46. The van der Waals surface area contributed by atoms with Gasteiger partial charge < -0.3 is 19.5 Å². The second kappa shape index (κ2) is 9.05. The lowest BCUT2D eigenvalue weighted by Crippen LogP contribution is -2.30. The molecule has 8 heteroatoms. The molecule has 0 saturated carbocycles. The fraction of sp³-hybridized carbons (Fsp3) is 0.211. The summed E-state index contributed by atoms with van der Waals surface area (Å²) in [6, 6.07) is 10.7. The van der Waals surface area contributed by atoms with Crippen LogP contribution in [0.3, 0.4) is 0 Å². The molecule has 1 amide bonds. The van der Waals surface area contributed by atoms with Gasteiger partial charge in [0.2, 0.25) is 0 Å². The Hall–Kier alpha value is -3.06. The number of amides is 1. The number of benzene rings is 2. The van der Waals surface area contributed by atoms with Gasteiger partial charge in [-0.3, -0.25) is 4.79 Å². The summed E-state index contributed by atoms with van der Waals surface area (Å²) in [5, 5.41) is 3.16. The largest absolute Gasteiger partial charge is 0.481 e. The first-order valence-corrected chi connectivity index (χ1v) is 8.26. The van der Waals surface area contributed by atoms with Crippen LogP contribution in [-0.2, 0) is 14.3 Å². The number of hydrogen-bond acceptors (Lipinski definition) is 6. The number of anilines is 1. The number of ether oxygens (including phenoxy) is 3. The van der Waals surface area contributed by atoms with Crippen LogP contribution in [0.2, 0.25) is 5.02 Å². The maximum atomic E-state index is 12.4. The summed E-state index contributed by atoms with van der Waals surface area (Å²) < 4.78 is 14.9. The molecule has 0 saturated heterocycles. The van der Waals surface area contributed by atoms with E-state index in [0.717, 1.165) is 0 Å². The highest BCUT2D eigenvalue weighted by molar-refractivity contribution is 6.30. The van der Waals surface area contributed by atoms with E-state index in [9.17, 15) is 14.4 Å². The third-order valence-electron chi connectivity index (χ3n) is 3.54. The molecule has 27 heavy (non-hydrogen) atoms. The fourth-order valence-corrected chi connectivity index (χ4v) is 2.31. The minimum Gasteiger partial charge on any atom is -0.481 e. The van der Waals surface area contributed by atoms with Gasteiger partial charge in [0.25, 0.3) is 5.91 Å². The van der Waals surface area contributed by atoms with Crippen molar-refractivity contribution in [3.8, 4) is 5.75 Å². The molecular weight excluding hydrogens is 374 g/mol. The lowest BCUT2D eigenvalue weighted by atomic mass is 10.1. The second-order valence-corrected chi connectivity index (χ2v) is 5.92. The maximum Gasteiger partial charge on any atom is 0.337 e. The molecular formula is C19H18ClNO6. The second-order valence-electron chi connectivity index (χ2n) is 5.49. The topological polar surface area (TPSA) is 90.9 Å². The van der Waals surface area contributed by atoms with Gasteiger partial charge in [0, 0.05) is 10.7 Å². The van der Waals surface area contributed by atoms with E-state index in [1.165, 1.54) is 32.4 Å². The standard InChI is InChI=1S/C19H18ClNO6/c1-11(27-16-6-4-14(20)5-7-16)17(22)21-15-9-12(18(23)25-2)8-13(10-15)19(24)26-3/h4-11H,1-3H3,(H,21,22). The van der Waals surface area contributed by atoms with Crippen molar-refractivity contribution in [3.05, 3.63) is 58.6 Å². The van der Waals surface area contributed by atoms with Gasteiger partial charge in [-0.15, -0.1) is 0 Å². The summed E-state index contributed by atoms with van der Waals surface area (Å²) in [4.78, 5) is 36.0. The summed E-state index contributed by atoms with van der Waals surface area (Å²) in [6.45, 7) is 1.56. The Bertz CT molecular complexity index is 816. The minimum absolute atomic E-state index is 0.0990. The van der Waals surface area contributed by atoms with Gasteiger partial charge in [-0.1, -0.05) is 11.6 Å². The molecule has 1 N–H and O–H groups in total. The van der Waals surface area contributed by atoms with E-state index in [0.29, 0.717) is 10.8 Å². The van der Waals surface area contributed by atoms with Crippen LogP contribution in [0.4, 0.5) is 5.69 Å². The number of halogens is 1. The molecule has 0 aliphatic heterocycles. The first kappa shape index (κ1) is 20.3. The van der Waals surface area contributed by atoms with Crippen molar-refractivity contribution in [1.29, 1.82) is 0 Å². The minimum atomic E-state index is -0.838. The van der Waals surface area contributed by atoms with Crippen LogP contribution in [0, 0.1) is 0 Å². The van der Waals surface area contributed by atoms with Gasteiger partial charge in [0.1, 0.15) is 5.75 Å². The van der Waals surface area contributed by atoms with E-state index in [1.54, 1.807) is 31.2 Å².